The molecule has 0 unspecified atom stereocenters. The lowest BCUT2D eigenvalue weighted by Gasteiger charge is -2.05. The van der Waals surface area contributed by atoms with Gasteiger partial charge in [-0.2, -0.15) is 5.10 Å². The maximum absolute atomic E-state index is 4.04. The van der Waals surface area contributed by atoms with E-state index in [-0.39, 0.29) is 0 Å². The highest BCUT2D eigenvalue weighted by Gasteiger charge is 1.95. The van der Waals surface area contributed by atoms with Gasteiger partial charge in [-0.3, -0.25) is 0 Å². The number of nitrogens with one attached hydrogen (secondary N) is 1. The Hall–Kier alpha value is -1.42. The van der Waals surface area contributed by atoms with Crippen LogP contribution in [0.3, 0.4) is 0 Å². The van der Waals surface area contributed by atoms with E-state index in [1.807, 2.05) is 31.2 Å². The summed E-state index contributed by atoms with van der Waals surface area (Å²) in [5.74, 6) is 0.800. The molecule has 0 saturated carbocycles. The van der Waals surface area contributed by atoms with E-state index in [0.29, 0.717) is 0 Å². The van der Waals surface area contributed by atoms with Gasteiger partial charge in [-0.05, 0) is 36.8 Å². The summed E-state index contributed by atoms with van der Waals surface area (Å²) in [7, 11) is 0. The van der Waals surface area contributed by atoms with E-state index >= 15 is 0 Å². The minimum Gasteiger partial charge on any atom is -0.365 e. The Morgan fingerprint density at radius 1 is 1.06 bits per heavy atom. The van der Waals surface area contributed by atoms with Crippen LogP contribution in [0.15, 0.2) is 40.9 Å². The van der Waals surface area contributed by atoms with E-state index in [2.05, 4.69) is 43.6 Å². The fourth-order valence-electron chi connectivity index (χ4n) is 1.29. The summed E-state index contributed by atoms with van der Waals surface area (Å²) in [4.78, 5) is 0. The Kier molecular flexibility index (Phi) is 3.51. The predicted octanol–water partition coefficient (Wildman–Crippen LogP) is 3.16. The molecule has 82 valence electrons. The van der Waals surface area contributed by atoms with Gasteiger partial charge in [0.15, 0.2) is 0 Å². The molecule has 0 amide bonds. The van der Waals surface area contributed by atoms with Crippen molar-refractivity contribution < 1.29 is 0 Å². The Bertz CT molecular complexity index is 405. The highest BCUT2D eigenvalue weighted by molar-refractivity contribution is 9.10. The highest BCUT2D eigenvalue weighted by Crippen LogP contribution is 2.11. The SMILES string of the molecule is Cc1ccc(NCc2ccc(Br)cc2)nn1. The van der Waals surface area contributed by atoms with E-state index < -0.39 is 0 Å². The molecule has 0 radical (unpaired) electrons. The van der Waals surface area contributed by atoms with Crippen molar-refractivity contribution in [3.05, 3.63) is 52.1 Å². The largest absolute Gasteiger partial charge is 0.365 e. The van der Waals surface area contributed by atoms with Gasteiger partial charge in [0.2, 0.25) is 0 Å². The standard InChI is InChI=1S/C12H12BrN3/c1-9-2-7-12(16-15-9)14-8-10-3-5-11(13)6-4-10/h2-7H,8H2,1H3,(H,14,16). The molecular formula is C12H12BrN3. The maximum Gasteiger partial charge on any atom is 0.148 e. The first-order chi connectivity index (χ1) is 7.74. The van der Waals surface area contributed by atoms with Crippen molar-refractivity contribution in [1.29, 1.82) is 0 Å². The molecule has 1 aromatic carbocycles. The second-order valence-corrected chi connectivity index (χ2v) is 4.46. The van der Waals surface area contributed by atoms with Crippen LogP contribution in [0.25, 0.3) is 0 Å². The molecule has 2 aromatic rings. The summed E-state index contributed by atoms with van der Waals surface area (Å²) in [6, 6.07) is 12.1. The third-order valence-electron chi connectivity index (χ3n) is 2.18. The molecule has 0 aliphatic rings. The maximum atomic E-state index is 4.04. The average Bonchev–Trinajstić information content (AvgIpc) is 2.30. The molecular weight excluding hydrogens is 266 g/mol. The number of hydrogen-bond donors (Lipinski definition) is 1. The minimum absolute atomic E-state index is 0.755. The fourth-order valence-corrected chi connectivity index (χ4v) is 1.55. The first kappa shape index (κ1) is 11.1. The molecule has 2 rings (SSSR count). The predicted molar refractivity (Wildman–Crippen MR) is 68.2 cm³/mol. The van der Waals surface area contributed by atoms with Crippen LogP contribution in [0.5, 0.6) is 0 Å². The second-order valence-electron chi connectivity index (χ2n) is 3.54. The number of rotatable bonds is 3. The molecule has 0 spiro atoms. The van der Waals surface area contributed by atoms with E-state index in [9.17, 15) is 0 Å². The van der Waals surface area contributed by atoms with Gasteiger partial charge in [-0.1, -0.05) is 28.1 Å². The molecule has 0 aliphatic carbocycles. The van der Waals surface area contributed by atoms with Crippen molar-refractivity contribution in [2.24, 2.45) is 0 Å². The van der Waals surface area contributed by atoms with E-state index in [4.69, 9.17) is 0 Å². The van der Waals surface area contributed by atoms with E-state index in [1.165, 1.54) is 5.56 Å². The zero-order chi connectivity index (χ0) is 11.4. The van der Waals surface area contributed by atoms with Crippen LogP contribution in [0.4, 0.5) is 5.82 Å². The number of benzene rings is 1. The molecule has 3 nitrogen and oxygen atoms in total. The first-order valence-corrected chi connectivity index (χ1v) is 5.82. The van der Waals surface area contributed by atoms with Crippen LogP contribution in [0.1, 0.15) is 11.3 Å². The van der Waals surface area contributed by atoms with Crippen molar-refractivity contribution >= 4 is 21.7 Å². The fraction of sp³-hybridized carbons (Fsp3) is 0.167. The molecule has 0 aliphatic heterocycles. The quantitative estimate of drug-likeness (QED) is 0.937. The number of aryl methyl sites for hydroxylation is 1. The normalized spacial score (nSPS) is 10.1. The van der Waals surface area contributed by atoms with Crippen molar-refractivity contribution in [2.45, 2.75) is 13.5 Å². The Morgan fingerprint density at radius 3 is 2.44 bits per heavy atom. The molecule has 1 N–H and O–H groups in total. The summed E-state index contributed by atoms with van der Waals surface area (Å²) in [6.45, 7) is 2.68. The molecule has 0 bridgehead atoms. The highest BCUT2D eigenvalue weighted by atomic mass is 79.9. The second kappa shape index (κ2) is 5.07. The van der Waals surface area contributed by atoms with Gasteiger partial charge in [-0.25, -0.2) is 0 Å². The Morgan fingerprint density at radius 2 is 1.81 bits per heavy atom. The van der Waals surface area contributed by atoms with Crippen LogP contribution >= 0.6 is 15.9 Å². The van der Waals surface area contributed by atoms with Gasteiger partial charge in [0.1, 0.15) is 5.82 Å². The van der Waals surface area contributed by atoms with Gasteiger partial charge in [0.05, 0.1) is 5.69 Å². The number of nitrogens with zero attached hydrogens (tertiary/aromatic N) is 2. The number of aromatic nitrogens is 2. The number of anilines is 1. The first-order valence-electron chi connectivity index (χ1n) is 5.03. The van der Waals surface area contributed by atoms with Crippen molar-refractivity contribution in [3.63, 3.8) is 0 Å². The smallest absolute Gasteiger partial charge is 0.148 e. The summed E-state index contributed by atoms with van der Waals surface area (Å²) < 4.78 is 1.09. The summed E-state index contributed by atoms with van der Waals surface area (Å²) in [5, 5.41) is 11.2. The van der Waals surface area contributed by atoms with Crippen LogP contribution in [-0.4, -0.2) is 10.2 Å². The zero-order valence-electron chi connectivity index (χ0n) is 8.94. The third-order valence-corrected chi connectivity index (χ3v) is 2.71. The van der Waals surface area contributed by atoms with Crippen LogP contribution < -0.4 is 5.32 Å². The molecule has 0 atom stereocenters. The Balaban J connectivity index is 1.97. The third kappa shape index (κ3) is 3.03. The lowest BCUT2D eigenvalue weighted by atomic mass is 10.2. The minimum atomic E-state index is 0.755. The molecule has 4 heteroatoms. The van der Waals surface area contributed by atoms with Crippen molar-refractivity contribution in [2.75, 3.05) is 5.32 Å². The number of hydrogen-bond acceptors (Lipinski definition) is 3. The van der Waals surface area contributed by atoms with Gasteiger partial charge in [0.25, 0.3) is 0 Å². The lowest BCUT2D eigenvalue weighted by molar-refractivity contribution is 0.963. The molecule has 0 saturated heterocycles. The van der Waals surface area contributed by atoms with E-state index in [0.717, 1.165) is 22.5 Å². The van der Waals surface area contributed by atoms with Crippen LogP contribution in [0, 0.1) is 6.92 Å². The zero-order valence-corrected chi connectivity index (χ0v) is 10.5. The molecule has 1 aromatic heterocycles. The van der Waals surface area contributed by atoms with Crippen LogP contribution in [-0.2, 0) is 6.54 Å². The van der Waals surface area contributed by atoms with Gasteiger partial charge >= 0.3 is 0 Å². The van der Waals surface area contributed by atoms with Crippen LogP contribution in [0.2, 0.25) is 0 Å². The molecule has 0 fully saturated rings. The summed E-state index contributed by atoms with van der Waals surface area (Å²) >= 11 is 3.41. The van der Waals surface area contributed by atoms with Gasteiger partial charge < -0.3 is 5.32 Å². The number of halogens is 1. The summed E-state index contributed by atoms with van der Waals surface area (Å²) in [6.07, 6.45) is 0. The van der Waals surface area contributed by atoms with Gasteiger partial charge in [-0.15, -0.1) is 5.10 Å². The average molecular weight is 278 g/mol. The Labute approximate surface area is 103 Å². The van der Waals surface area contributed by atoms with E-state index in [1.54, 1.807) is 0 Å². The monoisotopic (exact) mass is 277 g/mol. The van der Waals surface area contributed by atoms with Gasteiger partial charge in [0, 0.05) is 11.0 Å². The van der Waals surface area contributed by atoms with Crippen molar-refractivity contribution in [1.82, 2.24) is 10.2 Å². The summed E-state index contributed by atoms with van der Waals surface area (Å²) in [5.41, 5.74) is 2.14. The topological polar surface area (TPSA) is 37.8 Å². The van der Waals surface area contributed by atoms with Crippen molar-refractivity contribution in [3.8, 4) is 0 Å². The lowest BCUT2D eigenvalue weighted by Crippen LogP contribution is -2.02. The molecule has 16 heavy (non-hydrogen) atoms. The molecule has 1 heterocycles.